The van der Waals surface area contributed by atoms with Crippen molar-refractivity contribution in [3.8, 4) is 0 Å². The highest BCUT2D eigenvalue weighted by molar-refractivity contribution is 6.06. The Hall–Kier alpha value is -3.95. The van der Waals surface area contributed by atoms with E-state index in [-0.39, 0.29) is 23.1 Å². The summed E-state index contributed by atoms with van der Waals surface area (Å²) in [5.41, 5.74) is -0.849. The van der Waals surface area contributed by atoms with Crippen molar-refractivity contribution in [2.24, 2.45) is 0 Å². The normalized spacial score (nSPS) is 11.1. The van der Waals surface area contributed by atoms with Crippen LogP contribution in [0, 0.1) is 12.7 Å². The largest absolute Gasteiger partial charge is 0.478 e. The number of aromatic nitrogens is 1. The Balaban J connectivity index is 1.98. The van der Waals surface area contributed by atoms with Crippen molar-refractivity contribution in [2.75, 3.05) is 10.6 Å². The van der Waals surface area contributed by atoms with Crippen molar-refractivity contribution in [1.82, 2.24) is 4.98 Å². The molecule has 0 atom stereocenters. The molecule has 0 aliphatic rings. The van der Waals surface area contributed by atoms with Crippen LogP contribution in [0.3, 0.4) is 0 Å². The highest BCUT2D eigenvalue weighted by atomic mass is 19.4. The molecule has 10 heteroatoms. The molecule has 0 saturated carbocycles. The number of hydrogen-bond acceptors (Lipinski definition) is 4. The molecule has 0 unspecified atom stereocenters. The predicted octanol–water partition coefficient (Wildman–Crippen LogP) is 5.24. The Bertz CT molecular complexity index is 1160. The number of nitrogens with one attached hydrogen (secondary N) is 2. The summed E-state index contributed by atoms with van der Waals surface area (Å²) < 4.78 is 52.5. The van der Waals surface area contributed by atoms with Crippen LogP contribution in [0.4, 0.5) is 34.8 Å². The maximum absolute atomic E-state index is 13.7. The summed E-state index contributed by atoms with van der Waals surface area (Å²) in [5.74, 6) is -3.58. The quantitative estimate of drug-likeness (QED) is 0.479. The molecule has 0 aliphatic heterocycles. The molecule has 1 aromatic heterocycles. The average molecular weight is 433 g/mol. The van der Waals surface area contributed by atoms with Gasteiger partial charge >= 0.3 is 12.1 Å². The minimum absolute atomic E-state index is 0.0556. The van der Waals surface area contributed by atoms with Crippen molar-refractivity contribution in [1.29, 1.82) is 0 Å². The molecule has 160 valence electrons. The first-order valence-corrected chi connectivity index (χ1v) is 8.80. The second-order valence-electron chi connectivity index (χ2n) is 6.55. The molecule has 6 nitrogen and oxygen atoms in total. The fourth-order valence-electron chi connectivity index (χ4n) is 2.70. The summed E-state index contributed by atoms with van der Waals surface area (Å²) in [4.78, 5) is 27.8. The van der Waals surface area contributed by atoms with E-state index in [2.05, 4.69) is 15.6 Å². The van der Waals surface area contributed by atoms with Gasteiger partial charge in [-0.25, -0.2) is 14.2 Å². The second-order valence-corrected chi connectivity index (χ2v) is 6.55. The molecule has 0 aliphatic carbocycles. The number of carboxylic acids is 1. The van der Waals surface area contributed by atoms with Crippen LogP contribution in [0.5, 0.6) is 0 Å². The minimum atomic E-state index is -4.85. The van der Waals surface area contributed by atoms with Crippen LogP contribution in [0.15, 0.2) is 54.7 Å². The first-order chi connectivity index (χ1) is 14.5. The van der Waals surface area contributed by atoms with E-state index < -0.39 is 35.0 Å². The van der Waals surface area contributed by atoms with E-state index in [4.69, 9.17) is 0 Å². The van der Waals surface area contributed by atoms with Gasteiger partial charge in [0.1, 0.15) is 5.82 Å². The Morgan fingerprint density at radius 3 is 2.35 bits per heavy atom. The number of aromatic carboxylic acids is 1. The van der Waals surface area contributed by atoms with Crippen molar-refractivity contribution in [3.63, 3.8) is 0 Å². The topological polar surface area (TPSA) is 91.3 Å². The zero-order valence-electron chi connectivity index (χ0n) is 15.9. The number of para-hydroxylation sites is 1. The van der Waals surface area contributed by atoms with Gasteiger partial charge in [0.25, 0.3) is 5.91 Å². The van der Waals surface area contributed by atoms with Crippen LogP contribution in [0.1, 0.15) is 31.8 Å². The number of carboxylic acid groups (broad SMARTS) is 1. The monoisotopic (exact) mass is 433 g/mol. The fraction of sp³-hybridized carbons (Fsp3) is 0.0952. The SMILES string of the molecule is Cc1ccccc1Nc1ncc(C(=O)O)cc1NC(=O)c1cc(F)cc(C(F)(F)F)c1. The van der Waals surface area contributed by atoms with Crippen LogP contribution in [0.25, 0.3) is 0 Å². The Morgan fingerprint density at radius 2 is 1.71 bits per heavy atom. The molecule has 3 aromatic rings. The van der Waals surface area contributed by atoms with Gasteiger partial charge in [-0.2, -0.15) is 13.2 Å². The lowest BCUT2D eigenvalue weighted by Crippen LogP contribution is -2.16. The Kier molecular flexibility index (Phi) is 5.91. The number of carbonyl (C=O) groups is 2. The number of carbonyl (C=O) groups excluding carboxylic acids is 1. The molecule has 3 rings (SSSR count). The third-order valence-corrected chi connectivity index (χ3v) is 4.27. The highest BCUT2D eigenvalue weighted by Crippen LogP contribution is 2.31. The zero-order valence-corrected chi connectivity index (χ0v) is 15.9. The van der Waals surface area contributed by atoms with Gasteiger partial charge in [-0.05, 0) is 42.8 Å². The molecular formula is C21H15F4N3O3. The number of pyridine rings is 1. The van der Waals surface area contributed by atoms with Crippen LogP contribution in [-0.2, 0) is 6.18 Å². The number of amides is 1. The van der Waals surface area contributed by atoms with Gasteiger partial charge < -0.3 is 15.7 Å². The van der Waals surface area contributed by atoms with E-state index in [0.29, 0.717) is 17.8 Å². The molecule has 0 saturated heterocycles. The Morgan fingerprint density at radius 1 is 1.00 bits per heavy atom. The van der Waals surface area contributed by atoms with Crippen LogP contribution < -0.4 is 10.6 Å². The first-order valence-electron chi connectivity index (χ1n) is 8.80. The van der Waals surface area contributed by atoms with Gasteiger partial charge in [0.05, 0.1) is 16.8 Å². The predicted molar refractivity (Wildman–Crippen MR) is 105 cm³/mol. The van der Waals surface area contributed by atoms with Gasteiger partial charge in [-0.3, -0.25) is 4.79 Å². The third kappa shape index (κ3) is 5.16. The lowest BCUT2D eigenvalue weighted by molar-refractivity contribution is -0.137. The van der Waals surface area contributed by atoms with Gasteiger partial charge in [0.15, 0.2) is 5.82 Å². The molecule has 1 amide bonds. The van der Waals surface area contributed by atoms with Gasteiger partial charge in [-0.15, -0.1) is 0 Å². The number of halogens is 4. The number of alkyl halides is 3. The lowest BCUT2D eigenvalue weighted by atomic mass is 10.1. The number of aryl methyl sites for hydroxylation is 1. The summed E-state index contributed by atoms with van der Waals surface area (Å²) in [5, 5.41) is 14.4. The first kappa shape index (κ1) is 21.8. The van der Waals surface area contributed by atoms with E-state index in [1.54, 1.807) is 31.2 Å². The molecule has 3 N–H and O–H groups in total. The summed E-state index contributed by atoms with van der Waals surface area (Å²) in [7, 11) is 0. The number of rotatable bonds is 5. The van der Waals surface area contributed by atoms with E-state index in [0.717, 1.165) is 17.8 Å². The van der Waals surface area contributed by atoms with Gasteiger partial charge in [0.2, 0.25) is 0 Å². The number of nitrogens with zero attached hydrogens (tertiary/aromatic N) is 1. The minimum Gasteiger partial charge on any atom is -0.478 e. The summed E-state index contributed by atoms with van der Waals surface area (Å²) >= 11 is 0. The molecular weight excluding hydrogens is 418 g/mol. The number of benzene rings is 2. The smallest absolute Gasteiger partial charge is 0.416 e. The number of anilines is 3. The molecule has 1 heterocycles. The van der Waals surface area contributed by atoms with Crippen molar-refractivity contribution in [2.45, 2.75) is 13.1 Å². The lowest BCUT2D eigenvalue weighted by Gasteiger charge is -2.15. The number of hydrogen-bond donors (Lipinski definition) is 3. The molecule has 2 aromatic carbocycles. The molecule has 0 radical (unpaired) electrons. The van der Waals surface area contributed by atoms with E-state index >= 15 is 0 Å². The third-order valence-electron chi connectivity index (χ3n) is 4.27. The van der Waals surface area contributed by atoms with Crippen LogP contribution >= 0.6 is 0 Å². The molecule has 0 fully saturated rings. The van der Waals surface area contributed by atoms with Crippen LogP contribution in [0.2, 0.25) is 0 Å². The van der Waals surface area contributed by atoms with Crippen molar-refractivity contribution >= 4 is 29.1 Å². The van der Waals surface area contributed by atoms with Crippen molar-refractivity contribution < 1.29 is 32.3 Å². The highest BCUT2D eigenvalue weighted by Gasteiger charge is 2.32. The van der Waals surface area contributed by atoms with Gasteiger partial charge in [0, 0.05) is 17.4 Å². The van der Waals surface area contributed by atoms with Crippen molar-refractivity contribution in [3.05, 3.63) is 82.8 Å². The average Bonchev–Trinajstić information content (AvgIpc) is 2.69. The fourth-order valence-corrected chi connectivity index (χ4v) is 2.70. The van der Waals surface area contributed by atoms with E-state index in [1.165, 1.54) is 0 Å². The zero-order chi connectivity index (χ0) is 22.8. The molecule has 0 spiro atoms. The summed E-state index contributed by atoms with van der Waals surface area (Å²) in [6.45, 7) is 1.80. The summed E-state index contributed by atoms with van der Waals surface area (Å²) in [6.07, 6.45) is -3.79. The van der Waals surface area contributed by atoms with E-state index in [1.807, 2.05) is 0 Å². The standard InChI is InChI=1S/C21H15F4N3O3/c1-11-4-2-3-5-16(11)27-18-17(8-13(10-26-18)20(30)31)28-19(29)12-6-14(21(23,24)25)9-15(22)7-12/h2-10H,1H3,(H,26,27)(H,28,29)(H,30,31). The van der Waals surface area contributed by atoms with Crippen LogP contribution in [-0.4, -0.2) is 22.0 Å². The second kappa shape index (κ2) is 8.42. The molecule has 31 heavy (non-hydrogen) atoms. The molecule has 0 bridgehead atoms. The van der Waals surface area contributed by atoms with Gasteiger partial charge in [-0.1, -0.05) is 18.2 Å². The maximum atomic E-state index is 13.7. The maximum Gasteiger partial charge on any atom is 0.416 e. The van der Waals surface area contributed by atoms with E-state index in [9.17, 15) is 32.3 Å². The Labute approximate surface area is 173 Å². The summed E-state index contributed by atoms with van der Waals surface area (Å²) in [6, 6.07) is 9.58.